The van der Waals surface area contributed by atoms with Crippen LogP contribution in [0, 0.1) is 0 Å². The summed E-state index contributed by atoms with van der Waals surface area (Å²) in [7, 11) is 2.02. The van der Waals surface area contributed by atoms with E-state index < -0.39 is 5.97 Å². The smallest absolute Gasteiger partial charge is 0.345 e. The molecule has 2 rings (SSSR count). The van der Waals surface area contributed by atoms with Gasteiger partial charge in [-0.2, -0.15) is 0 Å². The molecule has 1 aromatic heterocycles. The van der Waals surface area contributed by atoms with E-state index in [1.54, 1.807) is 6.07 Å². The Morgan fingerprint density at radius 3 is 2.77 bits per heavy atom. The predicted molar refractivity (Wildman–Crippen MR) is 52.7 cm³/mol. The van der Waals surface area contributed by atoms with Crippen molar-refractivity contribution in [1.29, 1.82) is 0 Å². The molecule has 1 heterocycles. The van der Waals surface area contributed by atoms with Crippen LogP contribution in [0.5, 0.6) is 0 Å². The molecule has 70 valence electrons. The molecular weight excluding hydrogens is 186 g/mol. The van der Waals surface area contributed by atoms with E-state index in [9.17, 15) is 4.79 Å². The highest BCUT2D eigenvalue weighted by molar-refractivity contribution is 7.17. The molecule has 1 N–H and O–H groups in total. The van der Waals surface area contributed by atoms with E-state index in [4.69, 9.17) is 5.11 Å². The van der Waals surface area contributed by atoms with Crippen LogP contribution in [0.15, 0.2) is 12.1 Å². The van der Waals surface area contributed by atoms with Crippen molar-refractivity contribution in [2.75, 3.05) is 11.9 Å². The topological polar surface area (TPSA) is 40.5 Å². The van der Waals surface area contributed by atoms with Gasteiger partial charge in [0.1, 0.15) is 4.88 Å². The lowest BCUT2D eigenvalue weighted by atomic mass is 10.4. The second-order valence-corrected chi connectivity index (χ2v) is 4.35. The fourth-order valence-corrected chi connectivity index (χ4v) is 2.15. The Morgan fingerprint density at radius 1 is 1.62 bits per heavy atom. The second kappa shape index (κ2) is 3.03. The lowest BCUT2D eigenvalue weighted by Crippen LogP contribution is -2.17. The fourth-order valence-electron chi connectivity index (χ4n) is 1.27. The highest BCUT2D eigenvalue weighted by Gasteiger charge is 2.27. The Bertz CT molecular complexity index is 330. The maximum Gasteiger partial charge on any atom is 0.345 e. The summed E-state index contributed by atoms with van der Waals surface area (Å²) in [4.78, 5) is 13.2. The molecule has 1 aromatic rings. The monoisotopic (exact) mass is 197 g/mol. The molecule has 0 radical (unpaired) electrons. The standard InChI is InChI=1S/C9H11NO2S/c1-10(6-2-3-6)8-5-4-7(13-8)9(11)12/h4-6H,2-3H2,1H3,(H,11,12). The summed E-state index contributed by atoms with van der Waals surface area (Å²) in [6.07, 6.45) is 2.47. The number of carbonyl (C=O) groups is 1. The zero-order valence-electron chi connectivity index (χ0n) is 7.36. The van der Waals surface area contributed by atoms with Crippen LogP contribution in [0.2, 0.25) is 0 Å². The van der Waals surface area contributed by atoms with Crippen LogP contribution in [0.1, 0.15) is 22.5 Å². The SMILES string of the molecule is CN(c1ccc(C(=O)O)s1)C1CC1. The third-order valence-electron chi connectivity index (χ3n) is 2.24. The number of rotatable bonds is 3. The van der Waals surface area contributed by atoms with Crippen LogP contribution < -0.4 is 4.90 Å². The highest BCUT2D eigenvalue weighted by Crippen LogP contribution is 2.34. The van der Waals surface area contributed by atoms with Crippen molar-refractivity contribution in [2.45, 2.75) is 18.9 Å². The first kappa shape index (κ1) is 8.56. The third-order valence-corrected chi connectivity index (χ3v) is 3.41. The van der Waals surface area contributed by atoms with Gasteiger partial charge in [-0.3, -0.25) is 0 Å². The summed E-state index contributed by atoms with van der Waals surface area (Å²) in [6, 6.07) is 4.19. The molecule has 0 spiro atoms. The summed E-state index contributed by atoms with van der Waals surface area (Å²) >= 11 is 1.34. The third kappa shape index (κ3) is 1.67. The molecule has 0 atom stereocenters. The molecule has 1 aliphatic carbocycles. The van der Waals surface area contributed by atoms with E-state index in [2.05, 4.69) is 4.90 Å². The van der Waals surface area contributed by atoms with Gasteiger partial charge in [0.15, 0.2) is 0 Å². The van der Waals surface area contributed by atoms with Gasteiger partial charge in [-0.15, -0.1) is 11.3 Å². The van der Waals surface area contributed by atoms with Gasteiger partial charge >= 0.3 is 5.97 Å². The molecule has 0 aromatic carbocycles. The number of carboxylic acid groups (broad SMARTS) is 1. The zero-order valence-corrected chi connectivity index (χ0v) is 8.17. The number of carboxylic acids is 1. The summed E-state index contributed by atoms with van der Waals surface area (Å²) in [5, 5.41) is 9.78. The lowest BCUT2D eigenvalue weighted by molar-refractivity contribution is 0.0702. The van der Waals surface area contributed by atoms with Crippen LogP contribution in [0.25, 0.3) is 0 Å². The molecule has 1 saturated carbocycles. The van der Waals surface area contributed by atoms with Crippen LogP contribution >= 0.6 is 11.3 Å². The minimum atomic E-state index is -0.833. The summed E-state index contributed by atoms with van der Waals surface area (Å²) < 4.78 is 0. The molecule has 0 amide bonds. The Kier molecular flexibility index (Phi) is 2.00. The molecule has 4 heteroatoms. The molecule has 0 aliphatic heterocycles. The maximum atomic E-state index is 10.6. The average molecular weight is 197 g/mol. The Hall–Kier alpha value is -1.03. The number of nitrogens with zero attached hydrogens (tertiary/aromatic N) is 1. The second-order valence-electron chi connectivity index (χ2n) is 3.29. The number of hydrogen-bond donors (Lipinski definition) is 1. The van der Waals surface area contributed by atoms with Gasteiger partial charge < -0.3 is 10.0 Å². The molecule has 1 aliphatic rings. The van der Waals surface area contributed by atoms with Gasteiger partial charge in [0.25, 0.3) is 0 Å². The Morgan fingerprint density at radius 2 is 2.31 bits per heavy atom. The fraction of sp³-hybridized carbons (Fsp3) is 0.444. The largest absolute Gasteiger partial charge is 0.477 e. The van der Waals surface area contributed by atoms with Gasteiger partial charge in [-0.05, 0) is 25.0 Å². The van der Waals surface area contributed by atoms with E-state index in [0.717, 1.165) is 5.00 Å². The van der Waals surface area contributed by atoms with Crippen molar-refractivity contribution in [2.24, 2.45) is 0 Å². The van der Waals surface area contributed by atoms with E-state index in [0.29, 0.717) is 10.9 Å². The maximum absolute atomic E-state index is 10.6. The van der Waals surface area contributed by atoms with Crippen LogP contribution in [0.4, 0.5) is 5.00 Å². The molecule has 0 bridgehead atoms. The number of aromatic carboxylic acids is 1. The van der Waals surface area contributed by atoms with Crippen LogP contribution in [-0.2, 0) is 0 Å². The predicted octanol–water partition coefficient (Wildman–Crippen LogP) is 2.04. The molecule has 0 saturated heterocycles. The van der Waals surface area contributed by atoms with E-state index >= 15 is 0 Å². The Balaban J connectivity index is 2.16. The number of anilines is 1. The van der Waals surface area contributed by atoms with Crippen molar-refractivity contribution in [3.05, 3.63) is 17.0 Å². The first-order valence-corrected chi connectivity index (χ1v) is 5.06. The average Bonchev–Trinajstić information content (AvgIpc) is 2.81. The molecular formula is C9H11NO2S. The lowest BCUT2D eigenvalue weighted by Gasteiger charge is -2.14. The van der Waals surface area contributed by atoms with Crippen LogP contribution in [0.3, 0.4) is 0 Å². The van der Waals surface area contributed by atoms with E-state index in [-0.39, 0.29) is 0 Å². The quantitative estimate of drug-likeness (QED) is 0.806. The van der Waals surface area contributed by atoms with E-state index in [1.165, 1.54) is 24.2 Å². The van der Waals surface area contributed by atoms with Gasteiger partial charge in [-0.1, -0.05) is 0 Å². The normalized spacial score (nSPS) is 15.8. The van der Waals surface area contributed by atoms with Crippen molar-refractivity contribution in [3.8, 4) is 0 Å². The van der Waals surface area contributed by atoms with Crippen molar-refractivity contribution in [3.63, 3.8) is 0 Å². The van der Waals surface area contributed by atoms with Gasteiger partial charge in [0.05, 0.1) is 5.00 Å². The molecule has 13 heavy (non-hydrogen) atoms. The summed E-state index contributed by atoms with van der Waals surface area (Å²) in [5.74, 6) is -0.833. The van der Waals surface area contributed by atoms with E-state index in [1.807, 2.05) is 13.1 Å². The van der Waals surface area contributed by atoms with Gasteiger partial charge in [-0.25, -0.2) is 4.79 Å². The van der Waals surface area contributed by atoms with Crippen molar-refractivity contribution < 1.29 is 9.90 Å². The number of thiophene rings is 1. The van der Waals surface area contributed by atoms with Crippen molar-refractivity contribution in [1.82, 2.24) is 0 Å². The van der Waals surface area contributed by atoms with Gasteiger partial charge in [0.2, 0.25) is 0 Å². The molecule has 0 unspecified atom stereocenters. The zero-order chi connectivity index (χ0) is 9.42. The first-order valence-electron chi connectivity index (χ1n) is 4.24. The number of hydrogen-bond acceptors (Lipinski definition) is 3. The molecule has 1 fully saturated rings. The minimum Gasteiger partial charge on any atom is -0.477 e. The minimum absolute atomic E-state index is 0.419. The summed E-state index contributed by atoms with van der Waals surface area (Å²) in [6.45, 7) is 0. The Labute approximate surface area is 80.6 Å². The highest BCUT2D eigenvalue weighted by atomic mass is 32.1. The summed E-state index contributed by atoms with van der Waals surface area (Å²) in [5.41, 5.74) is 0. The van der Waals surface area contributed by atoms with Gasteiger partial charge in [0, 0.05) is 13.1 Å². The van der Waals surface area contributed by atoms with Crippen LogP contribution in [-0.4, -0.2) is 24.2 Å². The van der Waals surface area contributed by atoms with Crippen molar-refractivity contribution >= 4 is 22.3 Å². The first-order chi connectivity index (χ1) is 6.18. The molecule has 3 nitrogen and oxygen atoms in total.